The summed E-state index contributed by atoms with van der Waals surface area (Å²) in [5, 5.41) is 13.9. The number of carboxylic acids is 1. The van der Waals surface area contributed by atoms with Gasteiger partial charge in [-0.25, -0.2) is 4.79 Å². The van der Waals surface area contributed by atoms with E-state index in [1.54, 1.807) is 12.1 Å². The zero-order valence-electron chi connectivity index (χ0n) is 14.1. The Labute approximate surface area is 161 Å². The highest BCUT2D eigenvalue weighted by Crippen LogP contribution is 2.40. The van der Waals surface area contributed by atoms with Crippen LogP contribution in [0.1, 0.15) is 38.5 Å². The molecule has 0 saturated heterocycles. The number of nitrogens with zero attached hydrogens (tertiary/aromatic N) is 1. The molecule has 0 amide bonds. The monoisotopic (exact) mass is 395 g/mol. The van der Waals surface area contributed by atoms with Crippen molar-refractivity contribution in [2.24, 2.45) is 0 Å². The van der Waals surface area contributed by atoms with Crippen LogP contribution in [0.15, 0.2) is 40.6 Å². The van der Waals surface area contributed by atoms with Crippen molar-refractivity contribution in [3.05, 3.63) is 46.1 Å². The van der Waals surface area contributed by atoms with E-state index in [1.807, 2.05) is 0 Å². The minimum absolute atomic E-state index is 0.229. The number of hydrogen-bond donors (Lipinski definition) is 1. The van der Waals surface area contributed by atoms with Gasteiger partial charge in [-0.05, 0) is 50.7 Å². The summed E-state index contributed by atoms with van der Waals surface area (Å²) in [5.74, 6) is -0.391. The Bertz CT molecular complexity index is 802. The van der Waals surface area contributed by atoms with Crippen LogP contribution >= 0.6 is 23.2 Å². The first-order valence-electron chi connectivity index (χ1n) is 8.52. The molecular weight excluding hydrogens is 377 g/mol. The molecule has 1 heterocycles. The number of aliphatic carboxylic acids is 1. The zero-order chi connectivity index (χ0) is 18.5. The molecule has 1 unspecified atom stereocenters. The summed E-state index contributed by atoms with van der Waals surface area (Å²) in [6.45, 7) is 0. The number of allylic oxidation sites excluding steroid dienone is 2. The van der Waals surface area contributed by atoms with Crippen molar-refractivity contribution >= 4 is 29.2 Å². The van der Waals surface area contributed by atoms with E-state index < -0.39 is 12.1 Å². The van der Waals surface area contributed by atoms with E-state index in [9.17, 15) is 9.90 Å². The maximum atomic E-state index is 11.7. The maximum Gasteiger partial charge on any atom is 0.344 e. The van der Waals surface area contributed by atoms with E-state index in [1.165, 1.54) is 24.3 Å². The molecule has 0 fully saturated rings. The molecule has 138 valence electrons. The molecule has 5 nitrogen and oxygen atoms in total. The van der Waals surface area contributed by atoms with Crippen LogP contribution in [0.25, 0.3) is 11.3 Å². The van der Waals surface area contributed by atoms with Crippen molar-refractivity contribution in [2.75, 3.05) is 0 Å². The lowest BCUT2D eigenvalue weighted by Gasteiger charge is -2.20. The van der Waals surface area contributed by atoms with Crippen molar-refractivity contribution in [3.63, 3.8) is 0 Å². The molecule has 0 radical (unpaired) electrons. The number of carbonyl (C=O) groups is 1. The van der Waals surface area contributed by atoms with Gasteiger partial charge in [0.1, 0.15) is 5.75 Å². The summed E-state index contributed by atoms with van der Waals surface area (Å²) in [6.07, 6.45) is 8.18. The van der Waals surface area contributed by atoms with Gasteiger partial charge in [-0.3, -0.25) is 0 Å². The highest BCUT2D eigenvalue weighted by Gasteiger charge is 2.24. The van der Waals surface area contributed by atoms with Crippen LogP contribution in [-0.2, 0) is 4.79 Å². The Morgan fingerprint density at radius 1 is 1.35 bits per heavy atom. The fourth-order valence-electron chi connectivity index (χ4n) is 3.04. The van der Waals surface area contributed by atoms with Crippen LogP contribution in [-0.4, -0.2) is 22.3 Å². The molecule has 7 heteroatoms. The average Bonchev–Trinajstić information content (AvgIpc) is 3.15. The van der Waals surface area contributed by atoms with Crippen molar-refractivity contribution in [2.45, 2.75) is 44.6 Å². The lowest BCUT2D eigenvalue weighted by molar-refractivity contribution is -0.145. The highest BCUT2D eigenvalue weighted by molar-refractivity contribution is 6.36. The minimum atomic E-state index is -1.03. The third-order valence-corrected chi connectivity index (χ3v) is 4.86. The molecule has 0 saturated carbocycles. The fourth-order valence-corrected chi connectivity index (χ4v) is 3.58. The number of rotatable bonds is 7. The van der Waals surface area contributed by atoms with Crippen LogP contribution in [0.5, 0.6) is 5.75 Å². The second-order valence-electron chi connectivity index (χ2n) is 6.23. The van der Waals surface area contributed by atoms with Gasteiger partial charge in [-0.1, -0.05) is 40.0 Å². The van der Waals surface area contributed by atoms with E-state index >= 15 is 0 Å². The second kappa shape index (κ2) is 8.60. The van der Waals surface area contributed by atoms with E-state index in [4.69, 9.17) is 32.5 Å². The summed E-state index contributed by atoms with van der Waals surface area (Å²) < 4.78 is 11.0. The molecule has 1 aromatic heterocycles. The average molecular weight is 396 g/mol. The quantitative estimate of drug-likeness (QED) is 0.603. The molecule has 1 aliphatic rings. The number of carboxylic acid groups (broad SMARTS) is 1. The van der Waals surface area contributed by atoms with Gasteiger partial charge in [-0.2, -0.15) is 0 Å². The predicted molar refractivity (Wildman–Crippen MR) is 99.8 cm³/mol. The van der Waals surface area contributed by atoms with Crippen LogP contribution in [0.4, 0.5) is 0 Å². The summed E-state index contributed by atoms with van der Waals surface area (Å²) >= 11 is 12.3. The Kier molecular flexibility index (Phi) is 6.22. The lowest BCUT2D eigenvalue weighted by atomic mass is 9.95. The van der Waals surface area contributed by atoms with Gasteiger partial charge in [-0.15, -0.1) is 0 Å². The van der Waals surface area contributed by atoms with Crippen LogP contribution < -0.4 is 4.74 Å². The Morgan fingerprint density at radius 2 is 2.19 bits per heavy atom. The third kappa shape index (κ3) is 4.59. The second-order valence-corrected chi connectivity index (χ2v) is 7.08. The standard InChI is InChI=1S/C19H19Cl2NO4/c20-13-10-14(16-8-9-22-26-16)18(15(21)11-13)25-17(19(23)24)7-6-12-4-2-1-3-5-12/h4,8-11,17H,1-3,5-7H2,(H,23,24). The normalized spacial score (nSPS) is 15.4. The fraction of sp³-hybridized carbons (Fsp3) is 0.368. The molecule has 1 aromatic carbocycles. The number of ether oxygens (including phenoxy) is 1. The van der Waals surface area contributed by atoms with Gasteiger partial charge < -0.3 is 14.4 Å². The molecule has 2 aromatic rings. The van der Waals surface area contributed by atoms with E-state index in [2.05, 4.69) is 11.2 Å². The molecular formula is C19H19Cl2NO4. The number of halogens is 2. The summed E-state index contributed by atoms with van der Waals surface area (Å²) in [4.78, 5) is 11.7. The molecule has 0 aliphatic heterocycles. The largest absolute Gasteiger partial charge is 0.479 e. The van der Waals surface area contributed by atoms with Gasteiger partial charge in [0.15, 0.2) is 11.9 Å². The molecule has 1 aliphatic carbocycles. The molecule has 0 bridgehead atoms. The summed E-state index contributed by atoms with van der Waals surface area (Å²) in [5.41, 5.74) is 1.77. The molecule has 26 heavy (non-hydrogen) atoms. The minimum Gasteiger partial charge on any atom is -0.479 e. The van der Waals surface area contributed by atoms with Gasteiger partial charge in [0, 0.05) is 11.1 Å². The summed E-state index contributed by atoms with van der Waals surface area (Å²) in [7, 11) is 0. The number of hydrogen-bond acceptors (Lipinski definition) is 4. The lowest BCUT2D eigenvalue weighted by Crippen LogP contribution is -2.27. The van der Waals surface area contributed by atoms with Gasteiger partial charge in [0.2, 0.25) is 0 Å². The SMILES string of the molecule is O=C(O)C(CCC1=CCCCC1)Oc1c(Cl)cc(Cl)cc1-c1ccno1. The number of benzene rings is 1. The first-order valence-corrected chi connectivity index (χ1v) is 9.27. The van der Waals surface area contributed by atoms with E-state index in [0.29, 0.717) is 29.2 Å². The number of aromatic nitrogens is 1. The van der Waals surface area contributed by atoms with Crippen molar-refractivity contribution in [1.82, 2.24) is 5.16 Å². The van der Waals surface area contributed by atoms with Crippen molar-refractivity contribution in [1.29, 1.82) is 0 Å². The topological polar surface area (TPSA) is 72.6 Å². The molecule has 3 rings (SSSR count). The Hall–Kier alpha value is -1.98. The van der Waals surface area contributed by atoms with Crippen molar-refractivity contribution in [3.8, 4) is 17.1 Å². The van der Waals surface area contributed by atoms with Gasteiger partial charge >= 0.3 is 5.97 Å². The highest BCUT2D eigenvalue weighted by atomic mass is 35.5. The van der Waals surface area contributed by atoms with Crippen LogP contribution in [0, 0.1) is 0 Å². The molecule has 0 spiro atoms. The smallest absolute Gasteiger partial charge is 0.344 e. The Morgan fingerprint density at radius 3 is 2.85 bits per heavy atom. The maximum absolute atomic E-state index is 11.7. The third-order valence-electron chi connectivity index (χ3n) is 4.36. The van der Waals surface area contributed by atoms with Gasteiger partial charge in [0.05, 0.1) is 16.8 Å². The van der Waals surface area contributed by atoms with Crippen LogP contribution in [0.2, 0.25) is 10.0 Å². The molecule has 1 atom stereocenters. The Balaban J connectivity index is 1.82. The summed E-state index contributed by atoms with van der Waals surface area (Å²) in [6, 6.07) is 4.77. The van der Waals surface area contributed by atoms with Gasteiger partial charge in [0.25, 0.3) is 0 Å². The zero-order valence-corrected chi connectivity index (χ0v) is 15.6. The first-order chi connectivity index (χ1) is 12.5. The van der Waals surface area contributed by atoms with E-state index in [0.717, 1.165) is 19.3 Å². The van der Waals surface area contributed by atoms with E-state index in [-0.39, 0.29) is 10.8 Å². The van der Waals surface area contributed by atoms with Crippen LogP contribution in [0.3, 0.4) is 0 Å². The van der Waals surface area contributed by atoms with Crippen molar-refractivity contribution < 1.29 is 19.2 Å². The predicted octanol–water partition coefficient (Wildman–Crippen LogP) is 5.76. The molecule has 1 N–H and O–H groups in total. The first kappa shape index (κ1) is 18.8.